The molecule has 0 spiro atoms. The Bertz CT molecular complexity index is 218. The number of rotatable bonds is 3. The summed E-state index contributed by atoms with van der Waals surface area (Å²) in [6.07, 6.45) is 0.399. The number of carbonyl (C=O) groups excluding carboxylic acids is 1. The number of hydrogen-bond donors (Lipinski definition) is 1. The molecule has 82 valence electrons. The Morgan fingerprint density at radius 3 is 2.71 bits per heavy atom. The number of amides is 1. The zero-order valence-electron chi connectivity index (χ0n) is 8.79. The molecule has 1 aliphatic heterocycles. The first-order valence-electron chi connectivity index (χ1n) is 4.96. The molecule has 1 fully saturated rings. The van der Waals surface area contributed by atoms with Gasteiger partial charge in [0.15, 0.2) is 0 Å². The second-order valence-electron chi connectivity index (χ2n) is 4.58. The van der Waals surface area contributed by atoms with Crippen molar-refractivity contribution in [1.29, 1.82) is 0 Å². The maximum Gasteiger partial charge on any atom is 0.223 e. The Labute approximate surface area is 90.0 Å². The molecule has 0 aliphatic carbocycles. The second-order valence-corrected chi connectivity index (χ2v) is 4.96. The second kappa shape index (κ2) is 4.49. The molecule has 0 unspecified atom stereocenters. The normalized spacial score (nSPS) is 25.4. The van der Waals surface area contributed by atoms with Crippen LogP contribution in [0.3, 0.4) is 0 Å². The average Bonchev–Trinajstić information content (AvgIpc) is 2.41. The molecule has 1 heterocycles. The molecule has 14 heavy (non-hydrogen) atoms. The fraction of sp³-hybridized carbons (Fsp3) is 0.900. The van der Waals surface area contributed by atoms with Gasteiger partial charge in [-0.15, -0.1) is 11.6 Å². The molecule has 1 saturated heterocycles. The lowest BCUT2D eigenvalue weighted by atomic mass is 9.83. The summed E-state index contributed by atoms with van der Waals surface area (Å²) in [5.41, 5.74) is 0.0245. The Morgan fingerprint density at radius 1 is 1.64 bits per heavy atom. The zero-order valence-corrected chi connectivity index (χ0v) is 9.55. The van der Waals surface area contributed by atoms with Gasteiger partial charge in [0.25, 0.3) is 0 Å². The van der Waals surface area contributed by atoms with E-state index in [4.69, 9.17) is 16.7 Å². The van der Waals surface area contributed by atoms with E-state index in [1.807, 2.05) is 4.90 Å². The van der Waals surface area contributed by atoms with Gasteiger partial charge in [-0.3, -0.25) is 4.79 Å². The molecule has 0 aromatic rings. The number of halogens is 1. The van der Waals surface area contributed by atoms with Crippen molar-refractivity contribution >= 4 is 17.5 Å². The van der Waals surface area contributed by atoms with Crippen LogP contribution in [-0.4, -0.2) is 41.5 Å². The number of carbonyl (C=O) groups is 1. The summed E-state index contributed by atoms with van der Waals surface area (Å²) in [6.45, 7) is 5.72. The highest BCUT2D eigenvalue weighted by atomic mass is 35.5. The van der Waals surface area contributed by atoms with E-state index in [0.29, 0.717) is 18.8 Å². The van der Waals surface area contributed by atoms with Crippen LogP contribution in [0.5, 0.6) is 0 Å². The van der Waals surface area contributed by atoms with Crippen LogP contribution in [0.15, 0.2) is 0 Å². The lowest BCUT2D eigenvalue weighted by Gasteiger charge is -2.23. The smallest absolute Gasteiger partial charge is 0.223 e. The minimum atomic E-state index is 0.0245. The molecule has 1 aliphatic rings. The molecule has 1 rings (SSSR count). The van der Waals surface area contributed by atoms with Crippen LogP contribution in [0.2, 0.25) is 0 Å². The van der Waals surface area contributed by atoms with Crippen LogP contribution in [0.4, 0.5) is 0 Å². The average molecular weight is 220 g/mol. The topological polar surface area (TPSA) is 40.5 Å². The van der Waals surface area contributed by atoms with Crippen LogP contribution >= 0.6 is 11.6 Å². The molecule has 0 aromatic heterocycles. The van der Waals surface area contributed by atoms with Gasteiger partial charge in [0.05, 0.1) is 0 Å². The van der Waals surface area contributed by atoms with Crippen LogP contribution in [0, 0.1) is 11.3 Å². The molecule has 4 heteroatoms. The third-order valence-corrected chi connectivity index (χ3v) is 3.21. The van der Waals surface area contributed by atoms with Crippen LogP contribution < -0.4 is 0 Å². The SMILES string of the molecule is CC1(C)CN(C(=O)CCCl)C[C@@H]1CO. The van der Waals surface area contributed by atoms with Gasteiger partial charge in [-0.25, -0.2) is 0 Å². The number of nitrogens with zero attached hydrogens (tertiary/aromatic N) is 1. The summed E-state index contributed by atoms with van der Waals surface area (Å²) < 4.78 is 0. The molecular weight excluding hydrogens is 202 g/mol. The largest absolute Gasteiger partial charge is 0.396 e. The van der Waals surface area contributed by atoms with Gasteiger partial charge in [0, 0.05) is 37.9 Å². The summed E-state index contributed by atoms with van der Waals surface area (Å²) in [7, 11) is 0. The van der Waals surface area contributed by atoms with E-state index in [0.717, 1.165) is 6.54 Å². The first-order valence-corrected chi connectivity index (χ1v) is 5.49. The third-order valence-electron chi connectivity index (χ3n) is 3.03. The van der Waals surface area contributed by atoms with Crippen molar-refractivity contribution in [2.24, 2.45) is 11.3 Å². The quantitative estimate of drug-likeness (QED) is 0.722. The summed E-state index contributed by atoms with van der Waals surface area (Å²) in [5, 5.41) is 9.17. The zero-order chi connectivity index (χ0) is 10.8. The van der Waals surface area contributed by atoms with E-state index in [1.54, 1.807) is 0 Å². The molecule has 1 amide bonds. The Hall–Kier alpha value is -0.280. The fourth-order valence-corrected chi connectivity index (χ4v) is 2.09. The van der Waals surface area contributed by atoms with Crippen molar-refractivity contribution in [3.63, 3.8) is 0 Å². The van der Waals surface area contributed by atoms with Gasteiger partial charge in [0.1, 0.15) is 0 Å². The fourth-order valence-electron chi connectivity index (χ4n) is 1.93. The van der Waals surface area contributed by atoms with Crippen molar-refractivity contribution in [1.82, 2.24) is 4.90 Å². The molecule has 0 aromatic carbocycles. The number of aliphatic hydroxyl groups is 1. The highest BCUT2D eigenvalue weighted by Crippen LogP contribution is 2.34. The van der Waals surface area contributed by atoms with Gasteiger partial charge in [-0.1, -0.05) is 13.8 Å². The van der Waals surface area contributed by atoms with Crippen molar-refractivity contribution in [3.05, 3.63) is 0 Å². The Kier molecular flexibility index (Phi) is 3.78. The van der Waals surface area contributed by atoms with E-state index in [9.17, 15) is 4.79 Å². The van der Waals surface area contributed by atoms with E-state index < -0.39 is 0 Å². The summed E-state index contributed by atoms with van der Waals surface area (Å²) in [4.78, 5) is 13.4. The number of alkyl halides is 1. The number of aliphatic hydroxyl groups excluding tert-OH is 1. The monoisotopic (exact) mass is 219 g/mol. The van der Waals surface area contributed by atoms with Crippen molar-refractivity contribution < 1.29 is 9.90 Å². The van der Waals surface area contributed by atoms with Gasteiger partial charge in [0.2, 0.25) is 5.91 Å². The maximum atomic E-state index is 11.6. The molecule has 1 N–H and O–H groups in total. The number of likely N-dealkylation sites (tertiary alicyclic amines) is 1. The molecular formula is C10H18ClNO2. The van der Waals surface area contributed by atoms with Crippen molar-refractivity contribution in [3.8, 4) is 0 Å². The van der Waals surface area contributed by atoms with Crippen molar-refractivity contribution in [2.45, 2.75) is 20.3 Å². The predicted octanol–water partition coefficient (Wildman–Crippen LogP) is 1.09. The molecule has 3 nitrogen and oxygen atoms in total. The minimum absolute atomic E-state index is 0.0245. The number of hydrogen-bond acceptors (Lipinski definition) is 2. The van der Waals surface area contributed by atoms with Crippen LogP contribution in [-0.2, 0) is 4.79 Å². The maximum absolute atomic E-state index is 11.6. The first kappa shape index (κ1) is 11.8. The lowest BCUT2D eigenvalue weighted by Crippen LogP contribution is -2.30. The first-order chi connectivity index (χ1) is 6.51. The molecule has 0 saturated carbocycles. The van der Waals surface area contributed by atoms with E-state index in [1.165, 1.54) is 0 Å². The summed E-state index contributed by atoms with van der Waals surface area (Å²) in [6, 6.07) is 0. The van der Waals surface area contributed by atoms with Crippen LogP contribution in [0.1, 0.15) is 20.3 Å². The molecule has 0 radical (unpaired) electrons. The van der Waals surface area contributed by atoms with Gasteiger partial charge in [-0.05, 0) is 5.41 Å². The van der Waals surface area contributed by atoms with E-state index in [2.05, 4.69) is 13.8 Å². The Morgan fingerprint density at radius 2 is 2.29 bits per heavy atom. The molecule has 0 bridgehead atoms. The predicted molar refractivity (Wildman–Crippen MR) is 56.3 cm³/mol. The van der Waals surface area contributed by atoms with E-state index in [-0.39, 0.29) is 23.8 Å². The highest BCUT2D eigenvalue weighted by molar-refractivity contribution is 6.18. The summed E-state index contributed by atoms with van der Waals surface area (Å²) >= 11 is 5.52. The highest BCUT2D eigenvalue weighted by Gasteiger charge is 2.40. The standard InChI is InChI=1S/C10H18ClNO2/c1-10(2)7-12(5-8(10)6-13)9(14)3-4-11/h8,13H,3-7H2,1-2H3/t8-/m1/s1. The van der Waals surface area contributed by atoms with Gasteiger partial charge < -0.3 is 10.0 Å². The minimum Gasteiger partial charge on any atom is -0.396 e. The molecule has 1 atom stereocenters. The Balaban J connectivity index is 2.57. The van der Waals surface area contributed by atoms with E-state index >= 15 is 0 Å². The van der Waals surface area contributed by atoms with Crippen molar-refractivity contribution in [2.75, 3.05) is 25.6 Å². The third kappa shape index (κ3) is 2.39. The lowest BCUT2D eigenvalue weighted by molar-refractivity contribution is -0.130. The summed E-state index contributed by atoms with van der Waals surface area (Å²) in [5.74, 6) is 0.672. The van der Waals surface area contributed by atoms with Gasteiger partial charge >= 0.3 is 0 Å². The van der Waals surface area contributed by atoms with Crippen LogP contribution in [0.25, 0.3) is 0 Å². The van der Waals surface area contributed by atoms with Gasteiger partial charge in [-0.2, -0.15) is 0 Å².